The molecule has 0 aliphatic rings. The topological polar surface area (TPSA) is 68.2 Å². The molecule has 1 aromatic heterocycles. The van der Waals surface area contributed by atoms with Crippen LogP contribution in [0.25, 0.3) is 0 Å². The lowest BCUT2D eigenvalue weighted by atomic mass is 10.1. The molecular formula is C22H25ClN4O2. The van der Waals surface area contributed by atoms with Gasteiger partial charge in [-0.15, -0.1) is 0 Å². The molecule has 0 unspecified atom stereocenters. The maximum absolute atomic E-state index is 12.5. The Morgan fingerprint density at radius 1 is 1.21 bits per heavy atom. The van der Waals surface area contributed by atoms with E-state index in [1.165, 1.54) is 5.56 Å². The highest BCUT2D eigenvalue weighted by Gasteiger charge is 2.20. The van der Waals surface area contributed by atoms with Gasteiger partial charge in [-0.3, -0.25) is 0 Å². The van der Waals surface area contributed by atoms with Crippen LogP contribution in [0.5, 0.6) is 5.75 Å². The van der Waals surface area contributed by atoms with E-state index in [0.717, 1.165) is 22.7 Å². The molecule has 3 rings (SSSR count). The summed E-state index contributed by atoms with van der Waals surface area (Å²) in [6.45, 7) is 4.81. The molecule has 0 saturated carbocycles. The smallest absolute Gasteiger partial charge is 0.315 e. The quantitative estimate of drug-likeness (QED) is 0.572. The van der Waals surface area contributed by atoms with E-state index in [1.807, 2.05) is 55.9 Å². The van der Waals surface area contributed by atoms with E-state index in [1.54, 1.807) is 18.3 Å². The Balaban J connectivity index is 1.58. The van der Waals surface area contributed by atoms with Gasteiger partial charge in [0.05, 0.1) is 6.54 Å². The van der Waals surface area contributed by atoms with E-state index in [9.17, 15) is 4.79 Å². The second-order valence-corrected chi connectivity index (χ2v) is 7.33. The number of imidazole rings is 1. The first-order valence-corrected chi connectivity index (χ1v) is 9.79. The summed E-state index contributed by atoms with van der Waals surface area (Å²) in [7, 11) is 1.89. The number of urea groups is 1. The average Bonchev–Trinajstić information content (AvgIpc) is 3.11. The first-order valence-electron chi connectivity index (χ1n) is 9.41. The zero-order valence-electron chi connectivity index (χ0n) is 16.8. The minimum atomic E-state index is -0.396. The number of aromatic nitrogens is 2. The SMILES string of the molecule is Cc1ccc(OCCNC(=O)N[C@@H](c2ccc(Cl)cc2)c2nccn2C)c(C)c1. The summed E-state index contributed by atoms with van der Waals surface area (Å²) in [6.07, 6.45) is 3.55. The van der Waals surface area contributed by atoms with Crippen molar-refractivity contribution in [1.82, 2.24) is 20.2 Å². The zero-order valence-corrected chi connectivity index (χ0v) is 17.5. The minimum absolute atomic E-state index is 0.294. The molecule has 6 nitrogen and oxygen atoms in total. The summed E-state index contributed by atoms with van der Waals surface area (Å²) < 4.78 is 7.64. The number of rotatable bonds is 7. The number of aryl methyl sites for hydroxylation is 3. The van der Waals surface area contributed by atoms with Crippen LogP contribution in [-0.4, -0.2) is 28.7 Å². The number of ether oxygens (including phenoxy) is 1. The van der Waals surface area contributed by atoms with Crippen LogP contribution in [0.2, 0.25) is 5.02 Å². The van der Waals surface area contributed by atoms with Gasteiger partial charge in [-0.1, -0.05) is 41.4 Å². The van der Waals surface area contributed by atoms with Gasteiger partial charge in [-0.2, -0.15) is 0 Å². The van der Waals surface area contributed by atoms with Gasteiger partial charge in [-0.05, 0) is 43.2 Å². The fourth-order valence-corrected chi connectivity index (χ4v) is 3.20. The van der Waals surface area contributed by atoms with Crippen molar-refractivity contribution >= 4 is 17.6 Å². The van der Waals surface area contributed by atoms with E-state index >= 15 is 0 Å². The molecule has 0 fully saturated rings. The van der Waals surface area contributed by atoms with Crippen LogP contribution in [0.1, 0.15) is 28.6 Å². The Kier molecular flexibility index (Phi) is 6.77. The fraction of sp³-hybridized carbons (Fsp3) is 0.273. The van der Waals surface area contributed by atoms with Crippen molar-refractivity contribution in [2.75, 3.05) is 13.2 Å². The number of hydrogen-bond donors (Lipinski definition) is 2. The highest BCUT2D eigenvalue weighted by Crippen LogP contribution is 2.22. The van der Waals surface area contributed by atoms with Crippen molar-refractivity contribution in [3.05, 3.63) is 82.4 Å². The molecule has 0 radical (unpaired) electrons. The Hall–Kier alpha value is -2.99. The molecule has 7 heteroatoms. The van der Waals surface area contributed by atoms with E-state index in [0.29, 0.717) is 18.2 Å². The number of hydrogen-bond acceptors (Lipinski definition) is 3. The van der Waals surface area contributed by atoms with Crippen LogP contribution in [0.3, 0.4) is 0 Å². The monoisotopic (exact) mass is 412 g/mol. The maximum Gasteiger partial charge on any atom is 0.315 e. The Bertz CT molecular complexity index is 969. The first-order chi connectivity index (χ1) is 13.9. The molecule has 0 saturated heterocycles. The van der Waals surface area contributed by atoms with E-state index < -0.39 is 6.04 Å². The van der Waals surface area contributed by atoms with Gasteiger partial charge in [0.15, 0.2) is 0 Å². The first kappa shape index (κ1) is 20.7. The Labute approximate surface area is 175 Å². The summed E-state index contributed by atoms with van der Waals surface area (Å²) in [5.74, 6) is 1.55. The molecule has 2 N–H and O–H groups in total. The summed E-state index contributed by atoms with van der Waals surface area (Å²) in [6, 6.07) is 12.7. The van der Waals surface area contributed by atoms with Crippen LogP contribution in [0.4, 0.5) is 4.79 Å². The van der Waals surface area contributed by atoms with Gasteiger partial charge >= 0.3 is 6.03 Å². The number of carbonyl (C=O) groups excluding carboxylic acids is 1. The van der Waals surface area contributed by atoms with Crippen molar-refractivity contribution in [2.24, 2.45) is 7.05 Å². The number of nitrogens with zero attached hydrogens (tertiary/aromatic N) is 2. The Morgan fingerprint density at radius 2 is 1.97 bits per heavy atom. The molecular weight excluding hydrogens is 388 g/mol. The van der Waals surface area contributed by atoms with Crippen LogP contribution in [0, 0.1) is 13.8 Å². The van der Waals surface area contributed by atoms with Crippen molar-refractivity contribution in [3.63, 3.8) is 0 Å². The standard InChI is InChI=1S/C22H25ClN4O2/c1-15-4-9-19(16(2)14-15)29-13-11-25-22(28)26-20(21-24-10-12-27(21)3)17-5-7-18(23)8-6-17/h4-10,12,14,20H,11,13H2,1-3H3,(H2,25,26,28)/t20-/m0/s1. The fourth-order valence-electron chi connectivity index (χ4n) is 3.08. The molecule has 1 atom stereocenters. The van der Waals surface area contributed by atoms with Crippen molar-refractivity contribution in [1.29, 1.82) is 0 Å². The summed E-state index contributed by atoms with van der Waals surface area (Å²) in [5.41, 5.74) is 3.16. The van der Waals surface area contributed by atoms with E-state index in [2.05, 4.69) is 21.7 Å². The molecule has 2 aromatic carbocycles. The van der Waals surface area contributed by atoms with Gasteiger partial charge in [0.1, 0.15) is 24.2 Å². The molecule has 3 aromatic rings. The van der Waals surface area contributed by atoms with Crippen LogP contribution in [0.15, 0.2) is 54.9 Å². The van der Waals surface area contributed by atoms with E-state index in [-0.39, 0.29) is 6.03 Å². The van der Waals surface area contributed by atoms with Gasteiger partial charge in [0.2, 0.25) is 0 Å². The molecule has 0 spiro atoms. The lowest BCUT2D eigenvalue weighted by Gasteiger charge is -2.20. The second kappa shape index (κ2) is 9.47. The number of nitrogens with one attached hydrogen (secondary N) is 2. The normalized spacial score (nSPS) is 11.7. The predicted octanol–water partition coefficient (Wildman–Crippen LogP) is 4.16. The minimum Gasteiger partial charge on any atom is -0.491 e. The molecule has 0 aliphatic heterocycles. The third-order valence-electron chi connectivity index (χ3n) is 4.57. The van der Waals surface area contributed by atoms with Gasteiger partial charge in [0, 0.05) is 24.5 Å². The molecule has 1 heterocycles. The largest absolute Gasteiger partial charge is 0.491 e. The van der Waals surface area contributed by atoms with Gasteiger partial charge < -0.3 is 19.9 Å². The maximum atomic E-state index is 12.5. The van der Waals surface area contributed by atoms with E-state index in [4.69, 9.17) is 16.3 Å². The van der Waals surface area contributed by atoms with Crippen LogP contribution >= 0.6 is 11.6 Å². The van der Waals surface area contributed by atoms with Crippen molar-refractivity contribution < 1.29 is 9.53 Å². The summed E-state index contributed by atoms with van der Waals surface area (Å²) in [4.78, 5) is 16.9. The molecule has 0 bridgehead atoms. The van der Waals surface area contributed by atoms with Crippen LogP contribution < -0.4 is 15.4 Å². The molecule has 0 aliphatic carbocycles. The highest BCUT2D eigenvalue weighted by atomic mass is 35.5. The lowest BCUT2D eigenvalue weighted by Crippen LogP contribution is -2.40. The number of amides is 2. The second-order valence-electron chi connectivity index (χ2n) is 6.90. The van der Waals surface area contributed by atoms with Crippen molar-refractivity contribution in [3.8, 4) is 5.75 Å². The summed E-state index contributed by atoms with van der Waals surface area (Å²) >= 11 is 6.00. The third-order valence-corrected chi connectivity index (χ3v) is 4.82. The lowest BCUT2D eigenvalue weighted by molar-refractivity contribution is 0.233. The Morgan fingerprint density at radius 3 is 2.62 bits per heavy atom. The average molecular weight is 413 g/mol. The van der Waals surface area contributed by atoms with Crippen LogP contribution in [-0.2, 0) is 7.05 Å². The third kappa shape index (κ3) is 5.51. The number of halogens is 1. The number of carbonyl (C=O) groups is 1. The predicted molar refractivity (Wildman–Crippen MR) is 114 cm³/mol. The van der Waals surface area contributed by atoms with Crippen molar-refractivity contribution in [2.45, 2.75) is 19.9 Å². The van der Waals surface area contributed by atoms with Gasteiger partial charge in [-0.25, -0.2) is 9.78 Å². The zero-order chi connectivity index (χ0) is 20.8. The summed E-state index contributed by atoms with van der Waals surface area (Å²) in [5, 5.41) is 6.46. The molecule has 2 amide bonds. The van der Waals surface area contributed by atoms with Gasteiger partial charge in [0.25, 0.3) is 0 Å². The number of benzene rings is 2. The molecule has 29 heavy (non-hydrogen) atoms. The molecule has 152 valence electrons. The highest BCUT2D eigenvalue weighted by molar-refractivity contribution is 6.30.